The Labute approximate surface area is 147 Å². The summed E-state index contributed by atoms with van der Waals surface area (Å²) in [6, 6.07) is 7.73. The fraction of sp³-hybridized carbons (Fsp3) is 0.316. The highest BCUT2D eigenvalue weighted by Crippen LogP contribution is 2.23. The summed E-state index contributed by atoms with van der Waals surface area (Å²) in [5, 5.41) is 19.9. The maximum atomic E-state index is 9.77. The highest BCUT2D eigenvalue weighted by atomic mass is 16.5. The fourth-order valence-corrected chi connectivity index (χ4v) is 2.42. The molecule has 0 unspecified atom stereocenters. The van der Waals surface area contributed by atoms with Crippen molar-refractivity contribution in [2.75, 3.05) is 6.61 Å². The van der Waals surface area contributed by atoms with Crippen LogP contribution in [-0.2, 0) is 4.74 Å². The Kier molecular flexibility index (Phi) is 5.40. The second-order valence-corrected chi connectivity index (χ2v) is 6.39. The molecule has 0 fully saturated rings. The second kappa shape index (κ2) is 7.32. The van der Waals surface area contributed by atoms with Crippen LogP contribution in [0.1, 0.15) is 38.8 Å². The van der Waals surface area contributed by atoms with E-state index >= 15 is 0 Å². The van der Waals surface area contributed by atoms with Gasteiger partial charge in [0.05, 0.1) is 22.4 Å². The first kappa shape index (κ1) is 18.4. The van der Waals surface area contributed by atoms with Gasteiger partial charge in [-0.25, -0.2) is 4.99 Å². The molecular weight excluding hydrogens is 316 g/mol. The molecule has 130 valence electrons. The van der Waals surface area contributed by atoms with E-state index in [0.29, 0.717) is 11.3 Å². The Morgan fingerprint density at radius 1 is 1.40 bits per heavy atom. The second-order valence-electron chi connectivity index (χ2n) is 6.39. The molecule has 1 heterocycles. The highest BCUT2D eigenvalue weighted by molar-refractivity contribution is 6.10. The van der Waals surface area contributed by atoms with Gasteiger partial charge in [-0.05, 0) is 40.5 Å². The summed E-state index contributed by atoms with van der Waals surface area (Å²) in [6.45, 7) is 10.5. The number of allylic oxidation sites excluding steroid dienone is 1. The Morgan fingerprint density at radius 3 is 2.72 bits per heavy atom. The highest BCUT2D eigenvalue weighted by Gasteiger charge is 2.15. The number of rotatable bonds is 6. The van der Waals surface area contributed by atoms with Crippen molar-refractivity contribution in [1.29, 1.82) is 5.26 Å². The number of aliphatic hydroxyl groups is 1. The molecule has 0 amide bonds. The molecule has 0 aliphatic carbocycles. The Morgan fingerprint density at radius 2 is 2.12 bits per heavy atom. The number of hydrogen-bond acceptors (Lipinski definition) is 5. The van der Waals surface area contributed by atoms with E-state index in [1.54, 1.807) is 26.8 Å². The molecule has 6 nitrogen and oxygen atoms in total. The van der Waals surface area contributed by atoms with Crippen molar-refractivity contribution in [3.05, 3.63) is 47.1 Å². The summed E-state index contributed by atoms with van der Waals surface area (Å²) < 4.78 is 5.50. The molecule has 6 heteroatoms. The monoisotopic (exact) mass is 338 g/mol. The van der Waals surface area contributed by atoms with Gasteiger partial charge in [0.25, 0.3) is 0 Å². The number of benzene rings is 1. The van der Waals surface area contributed by atoms with Gasteiger partial charge in [-0.2, -0.15) is 5.26 Å². The average molecular weight is 338 g/mol. The van der Waals surface area contributed by atoms with Gasteiger partial charge >= 0.3 is 0 Å². The third-order valence-electron chi connectivity index (χ3n) is 3.58. The molecule has 0 spiro atoms. The van der Waals surface area contributed by atoms with Crippen LogP contribution in [0.25, 0.3) is 10.9 Å². The van der Waals surface area contributed by atoms with E-state index in [-0.39, 0.29) is 12.5 Å². The number of aromatic amines is 1. The van der Waals surface area contributed by atoms with E-state index in [0.717, 1.165) is 22.2 Å². The van der Waals surface area contributed by atoms with E-state index in [1.807, 2.05) is 25.3 Å². The lowest BCUT2D eigenvalue weighted by molar-refractivity contribution is 0.00197. The van der Waals surface area contributed by atoms with Crippen LogP contribution < -0.4 is 0 Å². The predicted octanol–water partition coefficient (Wildman–Crippen LogP) is 3.53. The number of aliphatic imine (C=N–C) groups is 2. The maximum Gasteiger partial charge on any atom is 0.234 e. The van der Waals surface area contributed by atoms with Crippen LogP contribution in [0.3, 0.4) is 0 Å². The third-order valence-corrected chi connectivity index (χ3v) is 3.58. The summed E-state index contributed by atoms with van der Waals surface area (Å²) in [5.74, 6) is 0.277. The van der Waals surface area contributed by atoms with Crippen molar-refractivity contribution in [2.45, 2.75) is 33.3 Å². The molecular formula is C19H22N4O2. The van der Waals surface area contributed by atoms with E-state index in [2.05, 4.69) is 27.8 Å². The third kappa shape index (κ3) is 4.34. The van der Waals surface area contributed by atoms with Gasteiger partial charge in [-0.15, -0.1) is 0 Å². The SMILES string of the molecule is C=N/C(OCC(C)(C)O)=C(/C)N=C(C)c1c[nH]c2c(C#N)cccc12. The van der Waals surface area contributed by atoms with E-state index < -0.39 is 5.60 Å². The van der Waals surface area contributed by atoms with Crippen LogP contribution in [0.5, 0.6) is 0 Å². The normalized spacial score (nSPS) is 13.4. The van der Waals surface area contributed by atoms with Gasteiger partial charge in [0.1, 0.15) is 12.7 Å². The molecule has 1 aromatic carbocycles. The van der Waals surface area contributed by atoms with E-state index in [9.17, 15) is 10.4 Å². The lowest BCUT2D eigenvalue weighted by atomic mass is 10.1. The van der Waals surface area contributed by atoms with Crippen molar-refractivity contribution in [2.24, 2.45) is 9.98 Å². The number of aromatic nitrogens is 1. The lowest BCUT2D eigenvalue weighted by Crippen LogP contribution is -2.25. The van der Waals surface area contributed by atoms with Crippen molar-refractivity contribution < 1.29 is 9.84 Å². The fourth-order valence-electron chi connectivity index (χ4n) is 2.42. The topological polar surface area (TPSA) is 93.8 Å². The molecule has 1 aromatic heterocycles. The largest absolute Gasteiger partial charge is 0.473 e. The number of hydrogen-bond donors (Lipinski definition) is 2. The molecule has 2 N–H and O–H groups in total. The van der Waals surface area contributed by atoms with Crippen LogP contribution in [0.2, 0.25) is 0 Å². The van der Waals surface area contributed by atoms with Gasteiger partial charge in [-0.3, -0.25) is 4.99 Å². The van der Waals surface area contributed by atoms with E-state index in [4.69, 9.17) is 4.74 Å². The minimum absolute atomic E-state index is 0.0892. The van der Waals surface area contributed by atoms with Crippen molar-refractivity contribution in [1.82, 2.24) is 4.98 Å². The zero-order valence-corrected chi connectivity index (χ0v) is 14.9. The van der Waals surface area contributed by atoms with Crippen LogP contribution in [0.15, 0.2) is 46.0 Å². The first-order valence-electron chi connectivity index (χ1n) is 7.85. The zero-order valence-electron chi connectivity index (χ0n) is 14.9. The molecule has 0 aliphatic rings. The lowest BCUT2D eigenvalue weighted by Gasteiger charge is -2.18. The maximum absolute atomic E-state index is 9.77. The van der Waals surface area contributed by atoms with Gasteiger partial charge in [0, 0.05) is 22.9 Å². The Balaban J connectivity index is 2.39. The summed E-state index contributed by atoms with van der Waals surface area (Å²) in [7, 11) is 0. The zero-order chi connectivity index (χ0) is 18.6. The number of nitrogens with one attached hydrogen (secondary N) is 1. The number of para-hydroxylation sites is 1. The predicted molar refractivity (Wildman–Crippen MR) is 99.7 cm³/mol. The number of nitrogens with zero attached hydrogens (tertiary/aromatic N) is 3. The average Bonchev–Trinajstić information content (AvgIpc) is 2.98. The summed E-state index contributed by atoms with van der Waals surface area (Å²) in [6.07, 6.45) is 1.83. The summed E-state index contributed by atoms with van der Waals surface area (Å²) >= 11 is 0. The van der Waals surface area contributed by atoms with Gasteiger partial charge in [-0.1, -0.05) is 12.1 Å². The number of ether oxygens (including phenoxy) is 1. The van der Waals surface area contributed by atoms with Crippen LogP contribution in [-0.4, -0.2) is 34.7 Å². The molecule has 25 heavy (non-hydrogen) atoms. The molecule has 0 saturated heterocycles. The molecule has 0 radical (unpaired) electrons. The molecule has 2 aromatic rings. The van der Waals surface area contributed by atoms with Crippen molar-refractivity contribution in [3.8, 4) is 6.07 Å². The Hall–Kier alpha value is -2.91. The number of nitriles is 1. The van der Waals surface area contributed by atoms with Crippen molar-refractivity contribution in [3.63, 3.8) is 0 Å². The van der Waals surface area contributed by atoms with Gasteiger partial charge in [0.2, 0.25) is 5.88 Å². The van der Waals surface area contributed by atoms with Gasteiger partial charge < -0.3 is 14.8 Å². The quantitative estimate of drug-likeness (QED) is 0.623. The van der Waals surface area contributed by atoms with Crippen molar-refractivity contribution >= 4 is 23.3 Å². The molecule has 0 aliphatic heterocycles. The van der Waals surface area contributed by atoms with Crippen LogP contribution in [0, 0.1) is 11.3 Å². The summed E-state index contributed by atoms with van der Waals surface area (Å²) in [5.41, 5.74) is 2.62. The molecule has 0 bridgehead atoms. The number of H-pyrrole nitrogens is 1. The smallest absolute Gasteiger partial charge is 0.234 e. The molecule has 0 atom stereocenters. The van der Waals surface area contributed by atoms with Gasteiger partial charge in [0.15, 0.2) is 0 Å². The minimum atomic E-state index is -0.973. The van der Waals surface area contributed by atoms with E-state index in [1.165, 1.54) is 0 Å². The minimum Gasteiger partial charge on any atom is -0.473 e. The van der Waals surface area contributed by atoms with Crippen LogP contribution in [0.4, 0.5) is 0 Å². The molecule has 2 rings (SSSR count). The van der Waals surface area contributed by atoms with Crippen LogP contribution >= 0.6 is 0 Å². The number of fused-ring (bicyclic) bond motifs is 1. The molecule has 0 saturated carbocycles. The first-order chi connectivity index (χ1) is 11.8. The Bertz CT molecular complexity index is 892. The standard InChI is InChI=1S/C19H22N4O2/c1-12(23-13(2)18(21-5)25-11-19(3,4)24)16-10-22-17-14(9-20)7-6-8-15(16)17/h6-8,10,22,24H,5,11H2,1-4H3/b18-13+,23-12?. The first-order valence-corrected chi connectivity index (χ1v) is 7.85. The summed E-state index contributed by atoms with van der Waals surface area (Å²) in [4.78, 5) is 11.5.